The highest BCUT2D eigenvalue weighted by atomic mass is 127. The van der Waals surface area contributed by atoms with Crippen LogP contribution in [0.2, 0.25) is 0 Å². The van der Waals surface area contributed by atoms with Gasteiger partial charge in [0.1, 0.15) is 0 Å². The van der Waals surface area contributed by atoms with Crippen LogP contribution in [0.4, 0.5) is 5.69 Å². The monoisotopic (exact) mass is 403 g/mol. The summed E-state index contributed by atoms with van der Waals surface area (Å²) < 4.78 is 0.746. The molecule has 2 rings (SSSR count). The number of rotatable bonds is 3. The Balaban J connectivity index is 2.24. The summed E-state index contributed by atoms with van der Waals surface area (Å²) in [5, 5.41) is 10.9. The molecule has 1 fully saturated rings. The fraction of sp³-hybridized carbons (Fsp3) is 0.500. The van der Waals surface area contributed by atoms with Crippen LogP contribution in [0.15, 0.2) is 18.2 Å². The van der Waals surface area contributed by atoms with Crippen molar-refractivity contribution in [1.29, 1.82) is 0 Å². The van der Waals surface area contributed by atoms with E-state index in [-0.39, 0.29) is 11.6 Å². The third-order valence-corrected chi connectivity index (χ3v) is 4.87. The molecule has 1 aromatic carbocycles. The first-order chi connectivity index (χ1) is 9.93. The maximum atomic E-state index is 12.6. The van der Waals surface area contributed by atoms with Gasteiger partial charge in [0.15, 0.2) is 0 Å². The Morgan fingerprint density at radius 3 is 2.81 bits per heavy atom. The van der Waals surface area contributed by atoms with E-state index in [0.29, 0.717) is 24.7 Å². The molecule has 1 unspecified atom stereocenters. The maximum Gasteiger partial charge on any atom is 0.270 e. The Bertz CT molecular complexity index is 564. The lowest BCUT2D eigenvalue weighted by Crippen LogP contribution is -2.53. The number of likely N-dealkylation sites (N-methyl/N-ethyl adjacent to an activating group) is 1. The fourth-order valence-electron chi connectivity index (χ4n) is 2.53. The summed E-state index contributed by atoms with van der Waals surface area (Å²) in [4.78, 5) is 27.1. The molecule has 0 N–H and O–H groups in total. The highest BCUT2D eigenvalue weighted by molar-refractivity contribution is 14.1. The minimum atomic E-state index is -0.467. The van der Waals surface area contributed by atoms with Crippen LogP contribution in [0.5, 0.6) is 0 Å². The van der Waals surface area contributed by atoms with E-state index < -0.39 is 4.92 Å². The maximum absolute atomic E-state index is 12.6. The first-order valence-corrected chi connectivity index (χ1v) is 7.95. The normalized spacial score (nSPS) is 19.6. The lowest BCUT2D eigenvalue weighted by atomic mass is 10.1. The van der Waals surface area contributed by atoms with Gasteiger partial charge in [-0.2, -0.15) is 0 Å². The van der Waals surface area contributed by atoms with E-state index in [2.05, 4.69) is 18.9 Å². The molecule has 7 heteroatoms. The van der Waals surface area contributed by atoms with Gasteiger partial charge in [-0.1, -0.05) is 6.92 Å². The smallest absolute Gasteiger partial charge is 0.270 e. The van der Waals surface area contributed by atoms with Crippen molar-refractivity contribution < 1.29 is 9.72 Å². The first-order valence-electron chi connectivity index (χ1n) is 6.87. The number of nitro groups is 1. The molecular weight excluding hydrogens is 385 g/mol. The van der Waals surface area contributed by atoms with Gasteiger partial charge >= 0.3 is 0 Å². The average molecular weight is 403 g/mol. The number of non-ortho nitro benzene ring substituents is 1. The first kappa shape index (κ1) is 16.2. The number of halogens is 1. The molecule has 1 atom stereocenters. The summed E-state index contributed by atoms with van der Waals surface area (Å²) in [6, 6.07) is 4.78. The van der Waals surface area contributed by atoms with Crippen LogP contribution in [-0.4, -0.2) is 53.4 Å². The quantitative estimate of drug-likeness (QED) is 0.442. The molecule has 0 bridgehead atoms. The highest BCUT2D eigenvalue weighted by Gasteiger charge is 2.28. The highest BCUT2D eigenvalue weighted by Crippen LogP contribution is 2.22. The van der Waals surface area contributed by atoms with Crippen LogP contribution >= 0.6 is 22.6 Å². The number of hydrogen-bond acceptors (Lipinski definition) is 4. The number of piperazine rings is 1. The fourth-order valence-corrected chi connectivity index (χ4v) is 3.10. The predicted octanol–water partition coefficient (Wildman–Crippen LogP) is 2.37. The van der Waals surface area contributed by atoms with Gasteiger partial charge in [0, 0.05) is 41.4 Å². The molecule has 0 aliphatic carbocycles. The summed E-state index contributed by atoms with van der Waals surface area (Å²) in [6.07, 6.45) is 0.978. The Kier molecular flexibility index (Phi) is 5.15. The van der Waals surface area contributed by atoms with E-state index in [1.807, 2.05) is 22.6 Å². The second kappa shape index (κ2) is 6.69. The standard InChI is InChI=1S/C14H18IN3O3/c1-3-10-9-17(7-6-16(10)2)14(19)12-8-11(18(20)21)4-5-13(12)15/h4-5,8,10H,3,6-7,9H2,1-2H3. The molecule has 114 valence electrons. The van der Waals surface area contributed by atoms with Gasteiger partial charge in [0.25, 0.3) is 11.6 Å². The van der Waals surface area contributed by atoms with Crippen molar-refractivity contribution in [3.63, 3.8) is 0 Å². The summed E-state index contributed by atoms with van der Waals surface area (Å²) in [7, 11) is 2.06. The molecule has 0 saturated carbocycles. The van der Waals surface area contributed by atoms with E-state index >= 15 is 0 Å². The lowest BCUT2D eigenvalue weighted by Gasteiger charge is -2.39. The van der Waals surface area contributed by atoms with Gasteiger partial charge in [-0.25, -0.2) is 0 Å². The van der Waals surface area contributed by atoms with E-state index in [1.54, 1.807) is 11.0 Å². The third-order valence-electron chi connectivity index (χ3n) is 3.93. The van der Waals surface area contributed by atoms with Crippen molar-refractivity contribution in [1.82, 2.24) is 9.80 Å². The number of amides is 1. The molecule has 1 heterocycles. The summed E-state index contributed by atoms with van der Waals surface area (Å²) in [5.74, 6) is -0.116. The van der Waals surface area contributed by atoms with E-state index in [1.165, 1.54) is 12.1 Å². The van der Waals surface area contributed by atoms with E-state index in [9.17, 15) is 14.9 Å². The van der Waals surface area contributed by atoms with Gasteiger partial charge in [-0.3, -0.25) is 19.8 Å². The number of carbonyl (C=O) groups is 1. The minimum absolute atomic E-state index is 0.0417. The molecule has 1 aliphatic rings. The molecule has 6 nitrogen and oxygen atoms in total. The Labute approximate surface area is 137 Å². The predicted molar refractivity (Wildman–Crippen MR) is 88.4 cm³/mol. The van der Waals surface area contributed by atoms with Crippen molar-refractivity contribution in [2.24, 2.45) is 0 Å². The second-order valence-corrected chi connectivity index (χ2v) is 6.38. The third kappa shape index (κ3) is 3.52. The van der Waals surface area contributed by atoms with Crippen LogP contribution in [0, 0.1) is 13.7 Å². The number of benzene rings is 1. The molecule has 1 amide bonds. The minimum Gasteiger partial charge on any atom is -0.336 e. The zero-order valence-corrected chi connectivity index (χ0v) is 14.2. The summed E-state index contributed by atoms with van der Waals surface area (Å²) in [5.41, 5.74) is 0.379. The number of nitro benzene ring substituents is 1. The molecule has 0 spiro atoms. The van der Waals surface area contributed by atoms with Gasteiger partial charge < -0.3 is 4.90 Å². The average Bonchev–Trinajstić information content (AvgIpc) is 2.47. The van der Waals surface area contributed by atoms with Crippen molar-refractivity contribution in [3.8, 4) is 0 Å². The van der Waals surface area contributed by atoms with Crippen molar-refractivity contribution in [2.75, 3.05) is 26.7 Å². The van der Waals surface area contributed by atoms with Crippen LogP contribution in [0.3, 0.4) is 0 Å². The van der Waals surface area contributed by atoms with Gasteiger partial charge in [0.2, 0.25) is 0 Å². The van der Waals surface area contributed by atoms with Crippen molar-refractivity contribution in [2.45, 2.75) is 19.4 Å². The van der Waals surface area contributed by atoms with Crippen molar-refractivity contribution >= 4 is 34.2 Å². The molecule has 1 aliphatic heterocycles. The number of carbonyl (C=O) groups excluding carboxylic acids is 1. The van der Waals surface area contributed by atoms with Gasteiger partial charge in [0.05, 0.1) is 10.5 Å². The Morgan fingerprint density at radius 1 is 1.48 bits per heavy atom. The SMILES string of the molecule is CCC1CN(C(=O)c2cc([N+](=O)[O-])ccc2I)CCN1C. The number of nitrogens with zero attached hydrogens (tertiary/aromatic N) is 3. The van der Waals surface area contributed by atoms with Crippen molar-refractivity contribution in [3.05, 3.63) is 37.4 Å². The van der Waals surface area contributed by atoms with Crippen LogP contribution in [0.25, 0.3) is 0 Å². The summed E-state index contributed by atoms with van der Waals surface area (Å²) in [6.45, 7) is 4.26. The Morgan fingerprint density at radius 2 is 2.19 bits per heavy atom. The second-order valence-electron chi connectivity index (χ2n) is 5.22. The van der Waals surface area contributed by atoms with Crippen LogP contribution in [0.1, 0.15) is 23.7 Å². The van der Waals surface area contributed by atoms with Gasteiger partial charge in [-0.05, 0) is 42.1 Å². The van der Waals surface area contributed by atoms with Crippen LogP contribution < -0.4 is 0 Å². The molecule has 0 aromatic heterocycles. The lowest BCUT2D eigenvalue weighted by molar-refractivity contribution is -0.384. The molecule has 21 heavy (non-hydrogen) atoms. The van der Waals surface area contributed by atoms with Crippen LogP contribution in [-0.2, 0) is 0 Å². The zero-order chi connectivity index (χ0) is 15.6. The topological polar surface area (TPSA) is 66.7 Å². The largest absolute Gasteiger partial charge is 0.336 e. The van der Waals surface area contributed by atoms with E-state index in [4.69, 9.17) is 0 Å². The zero-order valence-electron chi connectivity index (χ0n) is 12.1. The van der Waals surface area contributed by atoms with E-state index in [0.717, 1.165) is 16.5 Å². The molecule has 0 radical (unpaired) electrons. The molecule has 1 aromatic rings. The Hall–Kier alpha value is -1.22. The number of hydrogen-bond donors (Lipinski definition) is 0. The van der Waals surface area contributed by atoms with Gasteiger partial charge in [-0.15, -0.1) is 0 Å². The molecular formula is C14H18IN3O3. The summed E-state index contributed by atoms with van der Waals surface area (Å²) >= 11 is 2.05. The molecule has 1 saturated heterocycles.